The van der Waals surface area contributed by atoms with E-state index in [0.717, 1.165) is 146 Å². The van der Waals surface area contributed by atoms with Crippen LogP contribution in [0.4, 0.5) is 0 Å². The van der Waals surface area contributed by atoms with E-state index in [2.05, 4.69) is 109 Å². The van der Waals surface area contributed by atoms with Crippen LogP contribution in [0.15, 0.2) is 83.3 Å². The van der Waals surface area contributed by atoms with Gasteiger partial charge in [-0.1, -0.05) is 164 Å². The number of carbonyl (C=O) groups is 12. The van der Waals surface area contributed by atoms with Crippen LogP contribution in [0.5, 0.6) is 0 Å². The Bertz CT molecular complexity index is 5920. The van der Waals surface area contributed by atoms with Gasteiger partial charge in [-0.15, -0.1) is 22.7 Å². The van der Waals surface area contributed by atoms with Crippen LogP contribution in [0.3, 0.4) is 0 Å². The van der Waals surface area contributed by atoms with Crippen molar-refractivity contribution >= 4 is 249 Å². The molecule has 6 aromatic carbocycles. The number of imide groups is 5. The van der Waals surface area contributed by atoms with Crippen molar-refractivity contribution < 1.29 is 61.8 Å². The van der Waals surface area contributed by atoms with Crippen LogP contribution in [0, 0.1) is 12.8 Å². The zero-order valence-electron chi connectivity index (χ0n) is 81.5. The number of fused-ring (bicyclic) bond motifs is 2. The van der Waals surface area contributed by atoms with E-state index in [1.165, 1.54) is 90.6 Å². The molecular weight excluding hydrogens is 2120 g/mol. The molecule has 9 heterocycles. The predicted octanol–water partition coefficient (Wildman–Crippen LogP) is 27.8. The minimum absolute atomic E-state index is 0.240. The van der Waals surface area contributed by atoms with Gasteiger partial charge in [0.25, 0.3) is 59.1 Å². The van der Waals surface area contributed by atoms with Crippen LogP contribution < -0.4 is 8.56 Å². The molecule has 131 heavy (non-hydrogen) atoms. The Labute approximate surface area is 829 Å². The molecule has 4 aromatic heterocycles. The van der Waals surface area contributed by atoms with Crippen LogP contribution in [-0.4, -0.2) is 147 Å². The summed E-state index contributed by atoms with van der Waals surface area (Å²) in [4.78, 5) is 178. The Kier molecular flexibility index (Phi) is 34.2. The molecule has 19 nitrogen and oxygen atoms in total. The van der Waals surface area contributed by atoms with E-state index in [9.17, 15) is 57.5 Å². The number of hydrogen-bond acceptors (Lipinski definition) is 18. The molecule has 0 saturated heterocycles. The normalized spacial score (nSPS) is 15.7. The van der Waals surface area contributed by atoms with Crippen LogP contribution in [-0.2, 0) is 0 Å². The summed E-state index contributed by atoms with van der Waals surface area (Å²) < 4.78 is 39.8. The average Bonchev–Trinajstić information content (AvgIpc) is 1.62. The summed E-state index contributed by atoms with van der Waals surface area (Å²) >= 11 is 7.34. The van der Waals surface area contributed by atoms with Gasteiger partial charge in [0.1, 0.15) is 0 Å². The molecule has 698 valence electrons. The quantitative estimate of drug-likeness (QED) is 0.00899. The van der Waals surface area contributed by atoms with Crippen LogP contribution in [0.25, 0.3) is 72.0 Å². The fourth-order valence-corrected chi connectivity index (χ4v) is 44.7. The first-order valence-corrected chi connectivity index (χ1v) is 62.5. The van der Waals surface area contributed by atoms with Crippen LogP contribution in [0.1, 0.15) is 391 Å². The van der Waals surface area contributed by atoms with E-state index >= 15 is 0 Å². The number of unbranched alkanes of at least 4 members (excludes halogenated alkanes) is 21. The first kappa shape index (κ1) is 95.8. The number of aryl methyl sites for hydroxylation is 1. The number of Topliss-reactive ketones (excluding diaryl/α,β-unsaturated/α-hetero) is 2. The fraction of sp³-hybridized carbons (Fsp3) is 0.481. The van der Waals surface area contributed by atoms with Crippen molar-refractivity contribution in [1.82, 2.24) is 26.2 Å². The molecule has 0 saturated carbocycles. The molecular formula is C104H126BrI2N7O12S4Sn. The van der Waals surface area contributed by atoms with Crippen molar-refractivity contribution in [3.8, 4) is 20.9 Å². The fourth-order valence-electron chi connectivity index (χ4n) is 19.9. The third-order valence-electron chi connectivity index (χ3n) is 26.8. The molecule has 10 aromatic rings. The maximum atomic E-state index is 14.9. The summed E-state index contributed by atoms with van der Waals surface area (Å²) in [6, 6.07) is 24.0. The van der Waals surface area contributed by atoms with Gasteiger partial charge < -0.3 is 0 Å². The molecule has 1 unspecified atom stereocenters. The molecule has 6 aliphatic rings. The number of benzene rings is 6. The van der Waals surface area contributed by atoms with Gasteiger partial charge >= 0.3 is 205 Å². The third-order valence-corrected chi connectivity index (χ3v) is 51.5. The standard InChI is InChI=1S/C59H61N3O8S2.C26H29BrN2O4.C7H5S2.3C4H9.H4I2N2.Sn/c1-5-9-13-17-21-37-52(63)33-22-23-35-48-46(33)40(53(37)64)29-38(50(48)58(69)61(55(35)66)27-19-15-11-7-3)42-31-44-45(71-42)32-43(72-44)39-30-41-47-34(54(65)60(57(41)68)26-18-14-10-6-2)24-25-36-49(47)51(39)59(70)62(56(36)67)28-20-16-12-8-4;1-3-5-7-9-13-28-23(30)16-11-12-17-21-20(16)18(25(28)32)15-19(27)22(21)26(33)29(24(17)31)14-10-8-6-4-2;1-5-4-7-6(9-5)2-3-8-7;3*1-3-4-2;1-4-2-3;/h22-25,29-32,37H,5-21,26-28H2,1-4H3;11-12,15H,3-10,13-14H2,1-2H3;2,4H,1H3;3*1,3-4H2,2H3;2,4H,3H2;/i;;;;;;2T;/hTD2. The predicted molar refractivity (Wildman–Crippen MR) is 561 cm³/mol. The molecule has 1 aliphatic carbocycles. The van der Waals surface area contributed by atoms with Crippen molar-refractivity contribution in [2.75, 3.05) is 32.7 Å². The van der Waals surface area contributed by atoms with Gasteiger partial charge in [-0.2, -0.15) is 0 Å². The van der Waals surface area contributed by atoms with E-state index in [1.54, 1.807) is 100 Å². The van der Waals surface area contributed by atoms with Gasteiger partial charge in [0.05, 0.1) is 22.6 Å². The molecule has 0 radical (unpaired) electrons. The van der Waals surface area contributed by atoms with E-state index in [-0.39, 0.29) is 60.4 Å². The van der Waals surface area contributed by atoms with Gasteiger partial charge in [-0.05, 0) is 121 Å². The van der Waals surface area contributed by atoms with Gasteiger partial charge in [0.15, 0.2) is 11.6 Å². The summed E-state index contributed by atoms with van der Waals surface area (Å²) in [5.41, 5.74) is 5.01. The maximum absolute atomic E-state index is 14.9. The molecule has 27 heteroatoms. The second kappa shape index (κ2) is 46.8. The van der Waals surface area contributed by atoms with Crippen molar-refractivity contribution in [2.45, 2.75) is 282 Å². The number of nitrogens with one attached hydrogen (secondary N) is 1. The summed E-state index contributed by atoms with van der Waals surface area (Å²) in [5.74, 6) is -5.50. The van der Waals surface area contributed by atoms with Gasteiger partial charge in [0.2, 0.25) is 0 Å². The molecule has 16 rings (SSSR count). The number of carbonyl (C=O) groups excluding carboxylic acids is 12. The molecule has 5 aliphatic heterocycles. The number of halogens is 3. The molecule has 0 fully saturated rings. The van der Waals surface area contributed by atoms with Gasteiger partial charge in [0, 0.05) is 150 Å². The molecule has 1 atom stereocenters. The summed E-state index contributed by atoms with van der Waals surface area (Å²) in [6.45, 7) is 23.5. The van der Waals surface area contributed by atoms with Crippen LogP contribution in [0.2, 0.25) is 17.5 Å². The van der Waals surface area contributed by atoms with Crippen molar-refractivity contribution in [3.05, 3.63) is 155 Å². The zero-order valence-corrected chi connectivity index (χ0v) is 89.5. The van der Waals surface area contributed by atoms with Gasteiger partial charge in [-0.3, -0.25) is 82.0 Å². The Balaban J connectivity index is 0.000000199. The molecule has 3 N–H and O–H groups in total. The number of nitrogens with two attached hydrogens (primary N) is 1. The van der Waals surface area contributed by atoms with Crippen molar-refractivity contribution in [2.24, 2.45) is 9.85 Å². The number of hydrogen-bond donors (Lipinski definition) is 2. The van der Waals surface area contributed by atoms with Crippen LogP contribution >= 0.6 is 106 Å². The van der Waals surface area contributed by atoms with E-state index < -0.39 is 81.3 Å². The monoisotopic (exact) mass is 2250 g/mol. The second-order valence-corrected chi connectivity index (χ2v) is 58.6. The number of thiophene rings is 4. The third kappa shape index (κ3) is 20.9. The molecule has 10 amide bonds. The number of amides is 10. The zero-order chi connectivity index (χ0) is 97.0. The van der Waals surface area contributed by atoms with E-state index in [4.69, 9.17) is 4.83 Å². The summed E-state index contributed by atoms with van der Waals surface area (Å²) in [5, 5.41) is 2.27. The topological polar surface area (TPSA) is 259 Å². The van der Waals surface area contributed by atoms with Gasteiger partial charge in [-0.25, -0.2) is 0 Å². The first-order valence-electron chi connectivity index (χ1n) is 49.7. The molecule has 0 spiro atoms. The minimum atomic E-state index is -2.60. The number of rotatable bonds is 44. The summed E-state index contributed by atoms with van der Waals surface area (Å²) in [6.07, 6.45) is 30.7. The SMILES string of the molecule is CCCCCCC1C(=O)c2ccc3c4c(c(-c5cc6sc(-c7cc8c9c(ccc%10c9c7C(=O)N(CCCCCC)C%10=O)C(=O)N(CCCCCC)C8=O)cc6s5)cc(c24)C1=O)C(=O)N(CCCCCC)C3=O.CCCCCCN1C(=O)c2ccc3c4c(c(Br)cc(c24)C1=O)C(=O)N(CCCCCC)C3=O.CCC[CH2][Sn]([CH2]CCC)([CH2]CCC)[c]1cc2sc(C)cc2s1.[2H]N([3H])I([3H])N([2H])I. The Morgan fingerprint density at radius 2 is 0.687 bits per heavy atom. The second-order valence-electron chi connectivity index (χ2n) is 35.8. The summed E-state index contributed by atoms with van der Waals surface area (Å²) in [7, 11) is 0. The average molecular weight is 2250 g/mol. The number of nitrogens with zero attached hydrogens (tertiary/aromatic N) is 5. The Morgan fingerprint density at radius 3 is 1.06 bits per heavy atom. The molecule has 0 bridgehead atoms. The van der Waals surface area contributed by atoms with E-state index in [1.807, 2.05) is 26.4 Å². The van der Waals surface area contributed by atoms with Crippen molar-refractivity contribution in [3.63, 3.8) is 0 Å². The Hall–Kier alpha value is -6.88. The van der Waals surface area contributed by atoms with E-state index in [0.29, 0.717) is 162 Å². The number of ketones is 2. The first-order chi connectivity index (χ1) is 65.1. The van der Waals surface area contributed by atoms with Crippen molar-refractivity contribution in [1.29, 1.82) is 0.594 Å². The Morgan fingerprint density at radius 1 is 0.374 bits per heavy atom.